The molecule has 3 rings (SSSR count). The first-order valence-corrected chi connectivity index (χ1v) is 5.90. The number of pyridine rings is 1. The maximum Gasteiger partial charge on any atom is 0.348 e. The maximum absolute atomic E-state index is 14.2. The van der Waals surface area contributed by atoms with Crippen molar-refractivity contribution in [1.29, 1.82) is 0 Å². The van der Waals surface area contributed by atoms with Crippen LogP contribution in [0, 0.1) is 11.6 Å². The van der Waals surface area contributed by atoms with Gasteiger partial charge in [0.2, 0.25) is 5.82 Å². The highest BCUT2D eigenvalue weighted by molar-refractivity contribution is 5.78. The molecule has 21 heavy (non-hydrogen) atoms. The number of fused-ring (bicyclic) bond motifs is 1. The molecule has 2 heterocycles. The molecule has 0 aliphatic rings. The summed E-state index contributed by atoms with van der Waals surface area (Å²) in [7, 11) is 0. The largest absolute Gasteiger partial charge is 0.348 e. The van der Waals surface area contributed by atoms with Gasteiger partial charge in [-0.3, -0.25) is 4.98 Å². The van der Waals surface area contributed by atoms with Crippen LogP contribution in [0.1, 0.15) is 11.5 Å². The number of para-hydroxylation sites is 1. The zero-order valence-electron chi connectivity index (χ0n) is 10.4. The average molecular weight is 293 g/mol. The summed E-state index contributed by atoms with van der Waals surface area (Å²) in [5.41, 5.74) is -0.913. The highest BCUT2D eigenvalue weighted by Crippen LogP contribution is 2.32. The molecule has 0 saturated carbocycles. The van der Waals surface area contributed by atoms with Gasteiger partial charge >= 0.3 is 5.92 Å². The van der Waals surface area contributed by atoms with Crippen molar-refractivity contribution in [3.8, 4) is 0 Å². The summed E-state index contributed by atoms with van der Waals surface area (Å²) in [6.45, 7) is 0. The van der Waals surface area contributed by atoms with Crippen LogP contribution in [0.4, 0.5) is 17.6 Å². The fourth-order valence-electron chi connectivity index (χ4n) is 1.85. The lowest BCUT2D eigenvalue weighted by molar-refractivity contribution is 0.0283. The first-order chi connectivity index (χ1) is 9.98. The third-order valence-corrected chi connectivity index (χ3v) is 2.89. The number of halogens is 4. The molecule has 0 radical (unpaired) electrons. The molecular formula is C14H7F4N3. The number of nitrogens with zero attached hydrogens (tertiary/aromatic N) is 3. The SMILES string of the molecule is Fc1ccc(C(F)(F)c2ncc3cccc(F)c3n2)nc1. The van der Waals surface area contributed by atoms with Crippen LogP contribution in [0.3, 0.4) is 0 Å². The molecule has 3 nitrogen and oxygen atoms in total. The Labute approximate surface area is 116 Å². The quantitative estimate of drug-likeness (QED) is 0.679. The molecule has 0 unspecified atom stereocenters. The van der Waals surface area contributed by atoms with Gasteiger partial charge in [-0.1, -0.05) is 12.1 Å². The van der Waals surface area contributed by atoms with Crippen LogP contribution in [0.25, 0.3) is 10.9 Å². The summed E-state index contributed by atoms with van der Waals surface area (Å²) in [6, 6.07) is 5.76. The lowest BCUT2D eigenvalue weighted by Gasteiger charge is -2.14. The number of alkyl halides is 2. The normalized spacial score (nSPS) is 11.8. The van der Waals surface area contributed by atoms with Gasteiger partial charge in [0.1, 0.15) is 22.8 Å². The van der Waals surface area contributed by atoms with Gasteiger partial charge in [-0.05, 0) is 18.2 Å². The van der Waals surface area contributed by atoms with Crippen molar-refractivity contribution in [1.82, 2.24) is 15.0 Å². The predicted octanol–water partition coefficient (Wildman–Crippen LogP) is 3.44. The highest BCUT2D eigenvalue weighted by atomic mass is 19.3. The lowest BCUT2D eigenvalue weighted by Crippen LogP contribution is -2.20. The molecule has 3 aromatic rings. The molecule has 0 aliphatic heterocycles. The highest BCUT2D eigenvalue weighted by Gasteiger charge is 2.39. The predicted molar refractivity (Wildman–Crippen MR) is 66.7 cm³/mol. The van der Waals surface area contributed by atoms with Crippen molar-refractivity contribution in [2.75, 3.05) is 0 Å². The second kappa shape index (κ2) is 4.76. The minimum absolute atomic E-state index is 0.204. The lowest BCUT2D eigenvalue weighted by atomic mass is 10.2. The molecule has 0 amide bonds. The molecule has 7 heteroatoms. The van der Waals surface area contributed by atoms with Gasteiger partial charge < -0.3 is 0 Å². The van der Waals surface area contributed by atoms with E-state index >= 15 is 0 Å². The molecule has 0 aliphatic carbocycles. The fourth-order valence-corrected chi connectivity index (χ4v) is 1.85. The Morgan fingerprint density at radius 3 is 2.43 bits per heavy atom. The Morgan fingerprint density at radius 1 is 0.905 bits per heavy atom. The fraction of sp³-hybridized carbons (Fsp3) is 0.0714. The van der Waals surface area contributed by atoms with Crippen LogP contribution < -0.4 is 0 Å². The van der Waals surface area contributed by atoms with Gasteiger partial charge in [0.05, 0.1) is 6.20 Å². The molecule has 0 N–H and O–H groups in total. The summed E-state index contributed by atoms with van der Waals surface area (Å²) in [5.74, 6) is -6.00. The van der Waals surface area contributed by atoms with Gasteiger partial charge in [-0.25, -0.2) is 18.7 Å². The van der Waals surface area contributed by atoms with E-state index in [-0.39, 0.29) is 5.52 Å². The van der Waals surface area contributed by atoms with Gasteiger partial charge in [0.25, 0.3) is 0 Å². The summed E-state index contributed by atoms with van der Waals surface area (Å²) in [5, 5.41) is 0.307. The summed E-state index contributed by atoms with van der Waals surface area (Å²) in [6.07, 6.45) is 1.78. The van der Waals surface area contributed by atoms with E-state index in [2.05, 4.69) is 15.0 Å². The standard InChI is InChI=1S/C14H7F4N3/c15-9-4-5-11(19-7-9)14(17,18)13-20-6-8-2-1-3-10(16)12(8)21-13/h1-7H. The monoisotopic (exact) mass is 293 g/mol. The van der Waals surface area contributed by atoms with Crippen molar-refractivity contribution in [2.24, 2.45) is 0 Å². The topological polar surface area (TPSA) is 38.7 Å². The molecule has 0 fully saturated rings. The van der Waals surface area contributed by atoms with Gasteiger partial charge in [-0.2, -0.15) is 8.78 Å². The number of hydrogen-bond acceptors (Lipinski definition) is 3. The van der Waals surface area contributed by atoms with Crippen molar-refractivity contribution in [3.63, 3.8) is 0 Å². The number of rotatable bonds is 2. The van der Waals surface area contributed by atoms with E-state index in [0.717, 1.165) is 24.4 Å². The van der Waals surface area contributed by atoms with Gasteiger partial charge in [-0.15, -0.1) is 0 Å². The van der Waals surface area contributed by atoms with Gasteiger partial charge in [0, 0.05) is 11.6 Å². The molecule has 0 saturated heterocycles. The van der Waals surface area contributed by atoms with Crippen LogP contribution in [-0.2, 0) is 5.92 Å². The summed E-state index contributed by atoms with van der Waals surface area (Å²) < 4.78 is 54.9. The van der Waals surface area contributed by atoms with Crippen molar-refractivity contribution >= 4 is 10.9 Å². The molecule has 0 spiro atoms. The zero-order valence-corrected chi connectivity index (χ0v) is 10.4. The van der Waals surface area contributed by atoms with Crippen LogP contribution in [-0.4, -0.2) is 15.0 Å². The summed E-state index contributed by atoms with van der Waals surface area (Å²) >= 11 is 0. The van der Waals surface area contributed by atoms with Gasteiger partial charge in [0.15, 0.2) is 0 Å². The molecular weight excluding hydrogens is 286 g/mol. The molecule has 0 bridgehead atoms. The average Bonchev–Trinajstić information content (AvgIpc) is 2.48. The first-order valence-electron chi connectivity index (χ1n) is 5.90. The number of aromatic nitrogens is 3. The molecule has 0 atom stereocenters. The minimum atomic E-state index is -3.65. The Balaban J connectivity index is 2.14. The maximum atomic E-state index is 14.2. The van der Waals surface area contributed by atoms with E-state index in [0.29, 0.717) is 11.6 Å². The number of hydrogen-bond donors (Lipinski definition) is 0. The minimum Gasteiger partial charge on any atom is -0.251 e. The van der Waals surface area contributed by atoms with E-state index in [9.17, 15) is 17.6 Å². The van der Waals surface area contributed by atoms with Crippen LogP contribution >= 0.6 is 0 Å². The summed E-state index contributed by atoms with van der Waals surface area (Å²) in [4.78, 5) is 10.5. The van der Waals surface area contributed by atoms with Crippen LogP contribution in [0.2, 0.25) is 0 Å². The first kappa shape index (κ1) is 13.4. The van der Waals surface area contributed by atoms with E-state index in [4.69, 9.17) is 0 Å². The smallest absolute Gasteiger partial charge is 0.251 e. The van der Waals surface area contributed by atoms with Crippen molar-refractivity contribution in [3.05, 3.63) is 65.9 Å². The van der Waals surface area contributed by atoms with E-state index < -0.39 is 29.1 Å². The van der Waals surface area contributed by atoms with Crippen molar-refractivity contribution in [2.45, 2.75) is 5.92 Å². The van der Waals surface area contributed by atoms with Crippen LogP contribution in [0.5, 0.6) is 0 Å². The van der Waals surface area contributed by atoms with E-state index in [1.807, 2.05) is 0 Å². The van der Waals surface area contributed by atoms with Crippen molar-refractivity contribution < 1.29 is 17.6 Å². The Hall–Kier alpha value is -2.57. The molecule has 2 aromatic heterocycles. The third-order valence-electron chi connectivity index (χ3n) is 2.89. The Bertz CT molecular complexity index is 803. The Morgan fingerprint density at radius 2 is 1.71 bits per heavy atom. The second-order valence-electron chi connectivity index (χ2n) is 4.31. The van der Waals surface area contributed by atoms with E-state index in [1.165, 1.54) is 12.1 Å². The van der Waals surface area contributed by atoms with E-state index in [1.54, 1.807) is 0 Å². The second-order valence-corrected chi connectivity index (χ2v) is 4.31. The van der Waals surface area contributed by atoms with Crippen LogP contribution in [0.15, 0.2) is 42.7 Å². The number of benzene rings is 1. The third kappa shape index (κ3) is 2.31. The Kier molecular flexibility index (Phi) is 3.04. The molecule has 106 valence electrons. The zero-order chi connectivity index (χ0) is 15.0. The molecule has 1 aromatic carbocycles.